The van der Waals surface area contributed by atoms with Crippen LogP contribution in [0.3, 0.4) is 0 Å². The second-order valence-corrected chi connectivity index (χ2v) is 10.1. The summed E-state index contributed by atoms with van der Waals surface area (Å²) >= 11 is 0. The maximum Gasteiger partial charge on any atom is 0.484 e. The Morgan fingerprint density at radius 2 is 0.923 bits per heavy atom. The van der Waals surface area contributed by atoms with Gasteiger partial charge in [-0.2, -0.15) is 0 Å². The van der Waals surface area contributed by atoms with Crippen LogP contribution in [-0.4, -0.2) is 50.4 Å². The van der Waals surface area contributed by atoms with Gasteiger partial charge in [-0.25, -0.2) is 0 Å². The molecule has 0 aliphatic heterocycles. The fraction of sp³-hybridized carbons (Fsp3) is 1.00. The van der Waals surface area contributed by atoms with E-state index in [0.29, 0.717) is 0 Å². The van der Waals surface area contributed by atoms with Crippen molar-refractivity contribution in [3.05, 3.63) is 0 Å². The summed E-state index contributed by atoms with van der Waals surface area (Å²) in [6, 6.07) is 0. The van der Waals surface area contributed by atoms with Crippen molar-refractivity contribution >= 4 is 26.4 Å². The third kappa shape index (κ3) is 8.69. The lowest BCUT2D eigenvalue weighted by atomic mass is 11.9. The van der Waals surface area contributed by atoms with Crippen molar-refractivity contribution < 1.29 is 32.2 Å². The van der Waals surface area contributed by atoms with Gasteiger partial charge in [0.15, 0.2) is 0 Å². The summed E-state index contributed by atoms with van der Waals surface area (Å²) in [6.07, 6.45) is 0. The monoisotopic (exact) mass is 246 g/mol. The Balaban J connectivity index is 4.25. The van der Waals surface area contributed by atoms with E-state index in [2.05, 4.69) is 8.23 Å². The molecular formula is C3H14O7Si3. The average molecular weight is 246 g/mol. The van der Waals surface area contributed by atoms with E-state index in [9.17, 15) is 4.80 Å². The van der Waals surface area contributed by atoms with Gasteiger partial charge < -0.3 is 32.2 Å². The predicted octanol–water partition coefficient (Wildman–Crippen LogP) is -2.31. The highest BCUT2D eigenvalue weighted by Gasteiger charge is 2.46. The molecule has 0 aromatic heterocycles. The van der Waals surface area contributed by atoms with E-state index in [1.54, 1.807) is 0 Å². The van der Waals surface area contributed by atoms with Crippen LogP contribution in [0.25, 0.3) is 0 Å². The van der Waals surface area contributed by atoms with Gasteiger partial charge in [-0.1, -0.05) is 0 Å². The van der Waals surface area contributed by atoms with Gasteiger partial charge in [0.2, 0.25) is 0 Å². The van der Waals surface area contributed by atoms with Gasteiger partial charge in [0.1, 0.15) is 0 Å². The van der Waals surface area contributed by atoms with Crippen LogP contribution < -0.4 is 0 Å². The predicted molar refractivity (Wildman–Crippen MR) is 48.1 cm³/mol. The summed E-state index contributed by atoms with van der Waals surface area (Å²) in [5, 5.41) is 0. The van der Waals surface area contributed by atoms with E-state index >= 15 is 0 Å². The van der Waals surface area contributed by atoms with Crippen LogP contribution in [0.2, 0.25) is 19.6 Å². The highest BCUT2D eigenvalue weighted by atomic mass is 28.5. The molecule has 0 heterocycles. The summed E-state index contributed by atoms with van der Waals surface area (Å²) in [7, 11) is -11.7. The Morgan fingerprint density at radius 3 is 1.08 bits per heavy atom. The first kappa shape index (κ1) is 13.4. The van der Waals surface area contributed by atoms with Crippen LogP contribution in [0.4, 0.5) is 0 Å². The topological polar surface area (TPSA) is 120 Å². The zero-order valence-corrected chi connectivity index (χ0v) is 10.6. The molecule has 0 aliphatic carbocycles. The van der Waals surface area contributed by atoms with Gasteiger partial charge in [0, 0.05) is 19.6 Å². The van der Waals surface area contributed by atoms with Gasteiger partial charge in [-0.05, 0) is 0 Å². The van der Waals surface area contributed by atoms with Crippen LogP contribution >= 0.6 is 0 Å². The molecule has 10 heteroatoms. The minimum absolute atomic E-state index is 1.01. The fourth-order valence-corrected chi connectivity index (χ4v) is 7.02. The van der Waals surface area contributed by atoms with Crippen molar-refractivity contribution in [2.45, 2.75) is 19.6 Å². The first-order chi connectivity index (χ1) is 5.41. The van der Waals surface area contributed by atoms with E-state index in [1.807, 2.05) is 0 Å². The highest BCUT2D eigenvalue weighted by Crippen LogP contribution is 2.12. The largest absolute Gasteiger partial charge is 0.484 e. The van der Waals surface area contributed by atoms with Crippen molar-refractivity contribution in [1.82, 2.24) is 0 Å². The molecule has 0 aromatic rings. The third-order valence-corrected chi connectivity index (χ3v) is 6.89. The second kappa shape index (κ2) is 3.85. The quantitative estimate of drug-likeness (QED) is 0.353. The molecule has 80 valence electrons. The van der Waals surface area contributed by atoms with Crippen LogP contribution in [0.15, 0.2) is 0 Å². The molecule has 7 nitrogen and oxygen atoms in total. The lowest BCUT2D eigenvalue weighted by Gasteiger charge is -2.28. The van der Waals surface area contributed by atoms with E-state index < -0.39 is 26.4 Å². The number of rotatable bonds is 4. The SMILES string of the molecule is C[Si](O)(O)O[Si](C)(O)O[Si](C)(O)O. The van der Waals surface area contributed by atoms with Gasteiger partial charge in [-0.3, -0.25) is 0 Å². The van der Waals surface area contributed by atoms with E-state index in [-0.39, 0.29) is 0 Å². The van der Waals surface area contributed by atoms with E-state index in [4.69, 9.17) is 19.2 Å². The van der Waals surface area contributed by atoms with Crippen LogP contribution in [-0.2, 0) is 8.23 Å². The van der Waals surface area contributed by atoms with E-state index in [0.717, 1.165) is 19.6 Å². The molecule has 0 aromatic carbocycles. The molecule has 0 rings (SSSR count). The Labute approximate surface area is 78.9 Å². The van der Waals surface area contributed by atoms with Crippen molar-refractivity contribution in [3.63, 3.8) is 0 Å². The van der Waals surface area contributed by atoms with Crippen molar-refractivity contribution in [1.29, 1.82) is 0 Å². The van der Waals surface area contributed by atoms with Crippen molar-refractivity contribution in [2.75, 3.05) is 0 Å². The molecule has 0 atom stereocenters. The van der Waals surface area contributed by atoms with E-state index in [1.165, 1.54) is 0 Å². The molecule has 13 heavy (non-hydrogen) atoms. The maximum absolute atomic E-state index is 9.31. The molecule has 0 fully saturated rings. The zero-order chi connectivity index (χ0) is 10.9. The van der Waals surface area contributed by atoms with Gasteiger partial charge in [-0.15, -0.1) is 0 Å². The smallest absolute Gasteiger partial charge is 0.391 e. The summed E-state index contributed by atoms with van der Waals surface area (Å²) in [5.41, 5.74) is 0. The van der Waals surface area contributed by atoms with Gasteiger partial charge in [0.25, 0.3) is 0 Å². The molecule has 0 amide bonds. The lowest BCUT2D eigenvalue weighted by Crippen LogP contribution is -2.56. The highest BCUT2D eigenvalue weighted by molar-refractivity contribution is 6.77. The van der Waals surface area contributed by atoms with Gasteiger partial charge in [0.05, 0.1) is 0 Å². The summed E-state index contributed by atoms with van der Waals surface area (Å²) in [6.45, 7) is 3.08. The molecule has 0 spiro atoms. The summed E-state index contributed by atoms with van der Waals surface area (Å²) < 4.78 is 8.88. The molecule has 5 N–H and O–H groups in total. The third-order valence-electron chi connectivity index (χ3n) is 0.765. The van der Waals surface area contributed by atoms with Crippen molar-refractivity contribution in [2.24, 2.45) is 0 Å². The molecule has 0 radical (unpaired) electrons. The number of hydrogen-bond donors (Lipinski definition) is 5. The van der Waals surface area contributed by atoms with Crippen LogP contribution in [0.1, 0.15) is 0 Å². The second-order valence-electron chi connectivity index (χ2n) is 2.97. The normalized spacial score (nSPS) is 14.8. The molecule has 0 bridgehead atoms. The first-order valence-electron chi connectivity index (χ1n) is 3.43. The Kier molecular flexibility index (Phi) is 3.96. The molecule has 0 unspecified atom stereocenters. The number of hydrogen-bond acceptors (Lipinski definition) is 7. The first-order valence-corrected chi connectivity index (χ1v) is 10.3. The maximum atomic E-state index is 9.31. The minimum Gasteiger partial charge on any atom is -0.391 e. The van der Waals surface area contributed by atoms with Gasteiger partial charge >= 0.3 is 26.4 Å². The Hall–Kier alpha value is 0.371. The zero-order valence-electron chi connectivity index (χ0n) is 7.55. The van der Waals surface area contributed by atoms with Crippen molar-refractivity contribution in [3.8, 4) is 0 Å². The molecule has 0 aliphatic rings. The average Bonchev–Trinajstić information content (AvgIpc) is 1.43. The molecule has 0 saturated heterocycles. The molecular weight excluding hydrogens is 232 g/mol. The summed E-state index contributed by atoms with van der Waals surface area (Å²) in [4.78, 5) is 44.8. The van der Waals surface area contributed by atoms with Crippen LogP contribution in [0.5, 0.6) is 0 Å². The lowest BCUT2D eigenvalue weighted by molar-refractivity contribution is 0.135. The summed E-state index contributed by atoms with van der Waals surface area (Å²) in [5.74, 6) is 0. The molecule has 0 saturated carbocycles. The standard InChI is InChI=1S/C3H14O7Si3/c1-11(4,5)9-13(3,8)10-12(2,6)7/h4-8H,1-3H3. The minimum atomic E-state index is -3.91. The Bertz CT molecular complexity index is 151. The van der Waals surface area contributed by atoms with Crippen LogP contribution in [0, 0.1) is 0 Å². The fourth-order valence-electron chi connectivity index (χ4n) is 0.738. The Morgan fingerprint density at radius 1 is 0.692 bits per heavy atom.